The van der Waals surface area contributed by atoms with Gasteiger partial charge in [0.25, 0.3) is 0 Å². The van der Waals surface area contributed by atoms with Crippen LogP contribution in [0.4, 0.5) is 0 Å². The van der Waals surface area contributed by atoms with Gasteiger partial charge in [-0.15, -0.1) is 0 Å². The van der Waals surface area contributed by atoms with Gasteiger partial charge in [-0.05, 0) is 38.0 Å². The molecule has 4 heteroatoms. The van der Waals surface area contributed by atoms with E-state index >= 15 is 0 Å². The van der Waals surface area contributed by atoms with Crippen molar-refractivity contribution in [3.8, 4) is 0 Å². The van der Waals surface area contributed by atoms with Crippen molar-refractivity contribution in [2.75, 3.05) is 13.1 Å². The fraction of sp³-hybridized carbons (Fsp3) is 0.875. The summed E-state index contributed by atoms with van der Waals surface area (Å²) in [5.41, 5.74) is 0. The third-order valence-electron chi connectivity index (χ3n) is 5.01. The van der Waals surface area contributed by atoms with Crippen LogP contribution in [-0.4, -0.2) is 35.0 Å². The number of hydrogen-bond donors (Lipinski definition) is 1. The van der Waals surface area contributed by atoms with Crippen LogP contribution in [0.25, 0.3) is 0 Å². The standard InChI is InChI=1S/C16H27NO3/c1-2-5-12-6-4-10-17(11-9-12)15(18)13-7-3-8-14(13)16(19)20/h12-14H,2-11H2,1H3,(H,19,20)/t12?,13-,14+/m1/s1. The Labute approximate surface area is 121 Å². The maximum atomic E-state index is 12.6. The predicted molar refractivity (Wildman–Crippen MR) is 77.3 cm³/mol. The van der Waals surface area contributed by atoms with Crippen molar-refractivity contribution < 1.29 is 14.7 Å². The highest BCUT2D eigenvalue weighted by atomic mass is 16.4. The van der Waals surface area contributed by atoms with Gasteiger partial charge in [0.15, 0.2) is 0 Å². The molecule has 0 aromatic rings. The molecule has 0 bridgehead atoms. The molecule has 1 N–H and O–H groups in total. The molecule has 1 aliphatic carbocycles. The maximum absolute atomic E-state index is 12.6. The first-order chi connectivity index (χ1) is 9.63. The second kappa shape index (κ2) is 7.09. The Morgan fingerprint density at radius 2 is 1.80 bits per heavy atom. The Balaban J connectivity index is 1.93. The van der Waals surface area contributed by atoms with Crippen LogP contribution in [0.15, 0.2) is 0 Å². The first-order valence-electron chi connectivity index (χ1n) is 8.15. The van der Waals surface area contributed by atoms with Crippen LogP contribution in [-0.2, 0) is 9.59 Å². The average Bonchev–Trinajstić information content (AvgIpc) is 2.80. The average molecular weight is 281 g/mol. The molecule has 0 aromatic carbocycles. The van der Waals surface area contributed by atoms with E-state index < -0.39 is 11.9 Å². The summed E-state index contributed by atoms with van der Waals surface area (Å²) in [6.07, 6.45) is 8.13. The summed E-state index contributed by atoms with van der Waals surface area (Å²) in [4.78, 5) is 25.8. The minimum absolute atomic E-state index is 0.104. The van der Waals surface area contributed by atoms with Gasteiger partial charge in [-0.3, -0.25) is 9.59 Å². The van der Waals surface area contributed by atoms with Gasteiger partial charge in [-0.2, -0.15) is 0 Å². The second-order valence-electron chi connectivity index (χ2n) is 6.39. The van der Waals surface area contributed by atoms with Crippen LogP contribution >= 0.6 is 0 Å². The van der Waals surface area contributed by atoms with E-state index in [0.717, 1.165) is 44.7 Å². The summed E-state index contributed by atoms with van der Waals surface area (Å²) in [5, 5.41) is 9.23. The van der Waals surface area contributed by atoms with Gasteiger partial charge in [0.1, 0.15) is 0 Å². The summed E-state index contributed by atoms with van der Waals surface area (Å²) < 4.78 is 0. The SMILES string of the molecule is CCCC1CCCN(C(=O)[C@@H]2CCC[C@@H]2C(=O)O)CC1. The van der Waals surface area contributed by atoms with Gasteiger partial charge in [0.05, 0.1) is 11.8 Å². The number of carboxylic acids is 1. The van der Waals surface area contributed by atoms with Gasteiger partial charge in [0.2, 0.25) is 5.91 Å². The number of carboxylic acid groups (broad SMARTS) is 1. The molecule has 1 saturated carbocycles. The predicted octanol–water partition coefficient (Wildman–Crippen LogP) is 2.92. The van der Waals surface area contributed by atoms with Crippen molar-refractivity contribution in [3.63, 3.8) is 0 Å². The first-order valence-corrected chi connectivity index (χ1v) is 8.15. The summed E-state index contributed by atoms with van der Waals surface area (Å²) in [5.74, 6) is -0.657. The molecule has 0 aromatic heterocycles. The molecule has 4 nitrogen and oxygen atoms in total. The van der Waals surface area contributed by atoms with Crippen molar-refractivity contribution in [1.29, 1.82) is 0 Å². The maximum Gasteiger partial charge on any atom is 0.307 e. The van der Waals surface area contributed by atoms with Crippen LogP contribution in [0.1, 0.15) is 58.3 Å². The number of carbonyl (C=O) groups excluding carboxylic acids is 1. The molecular formula is C16H27NO3. The zero-order chi connectivity index (χ0) is 14.5. The highest BCUT2D eigenvalue weighted by molar-refractivity contribution is 5.85. The molecule has 2 fully saturated rings. The number of amides is 1. The third kappa shape index (κ3) is 3.53. The third-order valence-corrected chi connectivity index (χ3v) is 5.01. The Kier molecular flexibility index (Phi) is 5.44. The number of hydrogen-bond acceptors (Lipinski definition) is 2. The fourth-order valence-corrected chi connectivity index (χ4v) is 3.87. The molecule has 3 atom stereocenters. The molecule has 0 spiro atoms. The fourth-order valence-electron chi connectivity index (χ4n) is 3.87. The van der Waals surface area contributed by atoms with E-state index in [0.29, 0.717) is 6.42 Å². The number of rotatable bonds is 4. The minimum Gasteiger partial charge on any atom is -0.481 e. The number of carbonyl (C=O) groups is 2. The lowest BCUT2D eigenvalue weighted by Crippen LogP contribution is -2.39. The topological polar surface area (TPSA) is 57.6 Å². The molecule has 114 valence electrons. The van der Waals surface area contributed by atoms with Crippen LogP contribution < -0.4 is 0 Å². The molecule has 1 heterocycles. The second-order valence-corrected chi connectivity index (χ2v) is 6.39. The number of likely N-dealkylation sites (tertiary alicyclic amines) is 1. The first kappa shape index (κ1) is 15.3. The largest absolute Gasteiger partial charge is 0.481 e. The molecule has 20 heavy (non-hydrogen) atoms. The lowest BCUT2D eigenvalue weighted by Gasteiger charge is -2.26. The summed E-state index contributed by atoms with van der Waals surface area (Å²) in [6.45, 7) is 3.86. The minimum atomic E-state index is -0.792. The molecule has 1 amide bonds. The smallest absolute Gasteiger partial charge is 0.307 e. The molecule has 2 aliphatic rings. The summed E-state index contributed by atoms with van der Waals surface area (Å²) in [6, 6.07) is 0. The van der Waals surface area contributed by atoms with Gasteiger partial charge < -0.3 is 10.0 Å². The van der Waals surface area contributed by atoms with E-state index in [1.165, 1.54) is 19.3 Å². The van der Waals surface area contributed by atoms with E-state index in [4.69, 9.17) is 0 Å². The highest BCUT2D eigenvalue weighted by Gasteiger charge is 2.39. The van der Waals surface area contributed by atoms with Crippen molar-refractivity contribution in [1.82, 2.24) is 4.90 Å². The van der Waals surface area contributed by atoms with Crippen molar-refractivity contribution >= 4 is 11.9 Å². The number of aliphatic carboxylic acids is 1. The van der Waals surface area contributed by atoms with E-state index in [9.17, 15) is 14.7 Å². The van der Waals surface area contributed by atoms with Gasteiger partial charge in [0, 0.05) is 13.1 Å². The molecule has 1 saturated heterocycles. The van der Waals surface area contributed by atoms with Gasteiger partial charge in [-0.1, -0.05) is 26.2 Å². The summed E-state index contributed by atoms with van der Waals surface area (Å²) in [7, 11) is 0. The van der Waals surface area contributed by atoms with Crippen LogP contribution in [0.3, 0.4) is 0 Å². The van der Waals surface area contributed by atoms with Gasteiger partial charge >= 0.3 is 5.97 Å². The summed E-state index contributed by atoms with van der Waals surface area (Å²) >= 11 is 0. The Morgan fingerprint density at radius 3 is 2.50 bits per heavy atom. The zero-order valence-electron chi connectivity index (χ0n) is 12.5. The Hall–Kier alpha value is -1.06. The monoisotopic (exact) mass is 281 g/mol. The van der Waals surface area contributed by atoms with E-state index in [1.54, 1.807) is 0 Å². The lowest BCUT2D eigenvalue weighted by molar-refractivity contribution is -0.149. The number of nitrogens with zero attached hydrogens (tertiary/aromatic N) is 1. The van der Waals surface area contributed by atoms with E-state index in [-0.39, 0.29) is 11.8 Å². The van der Waals surface area contributed by atoms with Crippen LogP contribution in [0, 0.1) is 17.8 Å². The highest BCUT2D eigenvalue weighted by Crippen LogP contribution is 2.34. The van der Waals surface area contributed by atoms with Crippen molar-refractivity contribution in [3.05, 3.63) is 0 Å². The Morgan fingerprint density at radius 1 is 1.05 bits per heavy atom. The molecule has 2 rings (SSSR count). The lowest BCUT2D eigenvalue weighted by atomic mass is 9.94. The van der Waals surface area contributed by atoms with Crippen molar-refractivity contribution in [2.45, 2.75) is 58.3 Å². The normalized spacial score (nSPS) is 31.1. The molecular weight excluding hydrogens is 254 g/mol. The Bertz CT molecular complexity index is 356. The molecule has 0 radical (unpaired) electrons. The van der Waals surface area contributed by atoms with Crippen LogP contribution in [0.5, 0.6) is 0 Å². The van der Waals surface area contributed by atoms with E-state index in [1.807, 2.05) is 4.90 Å². The van der Waals surface area contributed by atoms with Gasteiger partial charge in [-0.25, -0.2) is 0 Å². The van der Waals surface area contributed by atoms with Crippen LogP contribution in [0.2, 0.25) is 0 Å². The molecule has 1 unspecified atom stereocenters. The molecule has 1 aliphatic heterocycles. The zero-order valence-corrected chi connectivity index (χ0v) is 12.5. The van der Waals surface area contributed by atoms with Crippen molar-refractivity contribution in [2.24, 2.45) is 17.8 Å². The quantitative estimate of drug-likeness (QED) is 0.862. The van der Waals surface area contributed by atoms with E-state index in [2.05, 4.69) is 6.92 Å².